The minimum Gasteiger partial charge on any atom is -0.383 e. The molecule has 0 fully saturated rings. The van der Waals surface area contributed by atoms with Crippen molar-refractivity contribution in [1.82, 2.24) is 20.3 Å². The van der Waals surface area contributed by atoms with Crippen molar-refractivity contribution in [1.29, 1.82) is 0 Å². The number of hydrogen-bond donors (Lipinski definition) is 2. The molecule has 0 aliphatic carbocycles. The van der Waals surface area contributed by atoms with Crippen molar-refractivity contribution < 1.29 is 4.79 Å². The van der Waals surface area contributed by atoms with E-state index in [-0.39, 0.29) is 11.7 Å². The number of nitrogens with one attached hydrogen (secondary N) is 1. The van der Waals surface area contributed by atoms with E-state index in [0.29, 0.717) is 17.9 Å². The van der Waals surface area contributed by atoms with Crippen molar-refractivity contribution in [3.63, 3.8) is 0 Å². The van der Waals surface area contributed by atoms with Crippen molar-refractivity contribution in [2.45, 2.75) is 13.3 Å². The van der Waals surface area contributed by atoms with Gasteiger partial charge in [-0.3, -0.25) is 9.78 Å². The van der Waals surface area contributed by atoms with Gasteiger partial charge in [0, 0.05) is 30.7 Å². The average molecular weight is 257 g/mol. The van der Waals surface area contributed by atoms with E-state index in [0.717, 1.165) is 12.0 Å². The number of amides is 1. The number of hydrogen-bond acceptors (Lipinski definition) is 5. The Morgan fingerprint density at radius 2 is 2.26 bits per heavy atom. The van der Waals surface area contributed by atoms with Crippen molar-refractivity contribution >= 4 is 11.7 Å². The van der Waals surface area contributed by atoms with Crippen LogP contribution in [0.5, 0.6) is 0 Å². The number of carbonyl (C=O) groups is 1. The normalized spacial score (nSPS) is 10.2. The van der Waals surface area contributed by atoms with Gasteiger partial charge in [0.05, 0.1) is 5.56 Å². The lowest BCUT2D eigenvalue weighted by molar-refractivity contribution is 0.0954. The highest BCUT2D eigenvalue weighted by molar-refractivity contribution is 5.98. The van der Waals surface area contributed by atoms with Gasteiger partial charge in [-0.1, -0.05) is 6.92 Å². The summed E-state index contributed by atoms with van der Waals surface area (Å²) in [6.07, 6.45) is 5.61. The summed E-state index contributed by atoms with van der Waals surface area (Å²) < 4.78 is 0. The molecule has 2 rings (SSSR count). The minimum absolute atomic E-state index is 0.169. The first-order chi connectivity index (χ1) is 9.22. The van der Waals surface area contributed by atoms with Gasteiger partial charge in [0.1, 0.15) is 5.82 Å². The molecule has 0 saturated carbocycles. The highest BCUT2D eigenvalue weighted by Crippen LogP contribution is 2.16. The lowest BCUT2D eigenvalue weighted by Gasteiger charge is -2.07. The number of carbonyl (C=O) groups excluding carboxylic acids is 1. The first-order valence-corrected chi connectivity index (χ1v) is 6.03. The predicted molar refractivity (Wildman–Crippen MR) is 72.3 cm³/mol. The Kier molecular flexibility index (Phi) is 4.02. The summed E-state index contributed by atoms with van der Waals surface area (Å²) in [6, 6.07) is 3.62. The van der Waals surface area contributed by atoms with Crippen LogP contribution in [0.1, 0.15) is 23.7 Å². The third kappa shape index (κ3) is 3.04. The van der Waals surface area contributed by atoms with Crippen LogP contribution in [0.15, 0.2) is 30.7 Å². The summed E-state index contributed by atoms with van der Waals surface area (Å²) in [5.41, 5.74) is 6.85. The van der Waals surface area contributed by atoms with Gasteiger partial charge in [-0.05, 0) is 18.6 Å². The van der Waals surface area contributed by atoms with Crippen molar-refractivity contribution in [3.8, 4) is 11.4 Å². The number of aromatic nitrogens is 3. The van der Waals surface area contributed by atoms with Gasteiger partial charge >= 0.3 is 0 Å². The maximum Gasteiger partial charge on any atom is 0.256 e. The van der Waals surface area contributed by atoms with E-state index in [9.17, 15) is 4.79 Å². The zero-order valence-electron chi connectivity index (χ0n) is 10.6. The quantitative estimate of drug-likeness (QED) is 0.860. The predicted octanol–water partition coefficient (Wildman–Crippen LogP) is 1.26. The molecule has 19 heavy (non-hydrogen) atoms. The molecular formula is C13H15N5O. The topological polar surface area (TPSA) is 93.8 Å². The minimum atomic E-state index is -0.253. The van der Waals surface area contributed by atoms with Crippen LogP contribution in [0.2, 0.25) is 0 Å². The van der Waals surface area contributed by atoms with Crippen LogP contribution in [0, 0.1) is 0 Å². The Balaban J connectivity index is 2.25. The van der Waals surface area contributed by atoms with Gasteiger partial charge in [0.25, 0.3) is 5.91 Å². The van der Waals surface area contributed by atoms with Crippen LogP contribution in [0.3, 0.4) is 0 Å². The Morgan fingerprint density at radius 1 is 1.42 bits per heavy atom. The molecule has 1 amide bonds. The molecule has 3 N–H and O–H groups in total. The molecular weight excluding hydrogens is 242 g/mol. The first kappa shape index (κ1) is 12.9. The van der Waals surface area contributed by atoms with Gasteiger partial charge in [-0.2, -0.15) is 0 Å². The van der Waals surface area contributed by atoms with E-state index in [4.69, 9.17) is 5.73 Å². The van der Waals surface area contributed by atoms with Crippen LogP contribution in [-0.2, 0) is 0 Å². The van der Waals surface area contributed by atoms with E-state index >= 15 is 0 Å². The van der Waals surface area contributed by atoms with Gasteiger partial charge in [-0.15, -0.1) is 0 Å². The van der Waals surface area contributed by atoms with E-state index in [2.05, 4.69) is 20.3 Å². The molecule has 0 aromatic carbocycles. The van der Waals surface area contributed by atoms with Crippen molar-refractivity contribution in [2.75, 3.05) is 12.3 Å². The second kappa shape index (κ2) is 5.90. The molecule has 0 bridgehead atoms. The third-order valence-electron chi connectivity index (χ3n) is 2.52. The summed E-state index contributed by atoms with van der Waals surface area (Å²) >= 11 is 0. The van der Waals surface area contributed by atoms with Crippen molar-refractivity contribution in [2.24, 2.45) is 0 Å². The summed E-state index contributed by atoms with van der Waals surface area (Å²) in [6.45, 7) is 2.58. The average Bonchev–Trinajstić information content (AvgIpc) is 2.45. The summed E-state index contributed by atoms with van der Waals surface area (Å²) in [5, 5.41) is 2.74. The number of nitrogens with zero attached hydrogens (tertiary/aromatic N) is 3. The molecule has 6 nitrogen and oxygen atoms in total. The zero-order chi connectivity index (χ0) is 13.7. The maximum atomic E-state index is 11.8. The first-order valence-electron chi connectivity index (χ1n) is 6.03. The van der Waals surface area contributed by atoms with Gasteiger partial charge < -0.3 is 11.1 Å². The highest BCUT2D eigenvalue weighted by atomic mass is 16.1. The molecule has 2 aromatic rings. The number of anilines is 1. The molecule has 0 radical (unpaired) electrons. The van der Waals surface area contributed by atoms with Crippen LogP contribution in [0.25, 0.3) is 11.4 Å². The maximum absolute atomic E-state index is 11.8. The van der Waals surface area contributed by atoms with Gasteiger partial charge in [-0.25, -0.2) is 9.97 Å². The molecule has 0 unspecified atom stereocenters. The largest absolute Gasteiger partial charge is 0.383 e. The summed E-state index contributed by atoms with van der Waals surface area (Å²) in [5.74, 6) is 0.372. The second-order valence-corrected chi connectivity index (χ2v) is 3.99. The second-order valence-electron chi connectivity index (χ2n) is 3.99. The van der Waals surface area contributed by atoms with Gasteiger partial charge in [0.15, 0.2) is 5.82 Å². The summed E-state index contributed by atoms with van der Waals surface area (Å²) in [4.78, 5) is 24.1. The van der Waals surface area contributed by atoms with Crippen LogP contribution < -0.4 is 11.1 Å². The Hall–Kier alpha value is -2.50. The molecule has 98 valence electrons. The zero-order valence-corrected chi connectivity index (χ0v) is 10.6. The monoisotopic (exact) mass is 257 g/mol. The number of pyridine rings is 1. The van der Waals surface area contributed by atoms with Crippen molar-refractivity contribution in [3.05, 3.63) is 36.3 Å². The molecule has 0 aliphatic heterocycles. The van der Waals surface area contributed by atoms with E-state index in [1.165, 1.54) is 6.20 Å². The SMILES string of the molecule is CCCNC(=O)c1cnc(-c2cccnc2)nc1N. The lowest BCUT2D eigenvalue weighted by atomic mass is 10.2. The standard InChI is InChI=1S/C13H15N5O/c1-2-5-16-13(19)10-8-17-12(18-11(10)14)9-4-3-6-15-7-9/h3-4,6-8H,2,5H2,1H3,(H,16,19)(H2,14,17,18). The fraction of sp³-hybridized carbons (Fsp3) is 0.231. The molecule has 0 saturated heterocycles. The fourth-order valence-corrected chi connectivity index (χ4v) is 1.54. The number of nitrogens with two attached hydrogens (primary N) is 1. The Bertz CT molecular complexity index is 571. The molecule has 2 heterocycles. The smallest absolute Gasteiger partial charge is 0.256 e. The van der Waals surface area contributed by atoms with E-state index < -0.39 is 0 Å². The fourth-order valence-electron chi connectivity index (χ4n) is 1.54. The van der Waals surface area contributed by atoms with Crippen LogP contribution in [-0.4, -0.2) is 27.4 Å². The number of rotatable bonds is 4. The van der Waals surface area contributed by atoms with Crippen LogP contribution >= 0.6 is 0 Å². The molecule has 6 heteroatoms. The van der Waals surface area contributed by atoms with Crippen LogP contribution in [0.4, 0.5) is 5.82 Å². The van der Waals surface area contributed by atoms with E-state index in [1.807, 2.05) is 13.0 Å². The molecule has 0 aliphatic rings. The third-order valence-corrected chi connectivity index (χ3v) is 2.52. The summed E-state index contributed by atoms with van der Waals surface area (Å²) in [7, 11) is 0. The lowest BCUT2D eigenvalue weighted by Crippen LogP contribution is -2.25. The molecule has 0 atom stereocenters. The molecule has 0 spiro atoms. The Morgan fingerprint density at radius 3 is 2.89 bits per heavy atom. The highest BCUT2D eigenvalue weighted by Gasteiger charge is 2.12. The van der Waals surface area contributed by atoms with Gasteiger partial charge in [0.2, 0.25) is 0 Å². The van der Waals surface area contributed by atoms with E-state index in [1.54, 1.807) is 18.5 Å². The Labute approximate surface area is 111 Å². The number of nitrogen functional groups attached to an aromatic ring is 1. The molecule has 2 aromatic heterocycles.